The van der Waals surface area contributed by atoms with Crippen LogP contribution >= 0.6 is 0 Å². The van der Waals surface area contributed by atoms with Crippen LogP contribution in [0.5, 0.6) is 5.75 Å². The molecule has 74 valence electrons. The molecular formula is C11H12N2ORa. The Bertz CT molecular complexity index is 473. The Morgan fingerprint density at radius 2 is 2.20 bits per heavy atom. The Morgan fingerprint density at radius 1 is 1.33 bits per heavy atom. The number of anilines is 1. The summed E-state index contributed by atoms with van der Waals surface area (Å²) in [5.41, 5.74) is 1.01. The van der Waals surface area contributed by atoms with Crippen LogP contribution in [0, 0.1) is 43.2 Å². The van der Waals surface area contributed by atoms with E-state index >= 15 is 0 Å². The number of pyridine rings is 1. The molecule has 0 saturated heterocycles. The van der Waals surface area contributed by atoms with E-state index in [9.17, 15) is 0 Å². The fraction of sp³-hybridized carbons (Fsp3) is 0.182. The molecule has 15 heavy (non-hydrogen) atoms. The second-order valence-corrected chi connectivity index (χ2v) is 5.29. The molecule has 3 nitrogen and oxygen atoms in total. The predicted molar refractivity (Wildman–Crippen MR) is 57.9 cm³/mol. The van der Waals surface area contributed by atoms with Crippen molar-refractivity contribution in [1.29, 1.82) is 0 Å². The molecule has 1 aromatic carbocycles. The average Bonchev–Trinajstić information content (AvgIpc) is 2.29. The van der Waals surface area contributed by atoms with Crippen molar-refractivity contribution < 1.29 is 47.9 Å². The number of hydrogen-bond acceptors (Lipinski definition) is 3. The Morgan fingerprint density at radius 3 is 2.93 bits per heavy atom. The third-order valence-electron chi connectivity index (χ3n) is 2.23. The van der Waals surface area contributed by atoms with Crippen LogP contribution in [0.3, 0.4) is 0 Å². The van der Waals surface area contributed by atoms with Gasteiger partial charge in [0.05, 0.1) is 0 Å². The van der Waals surface area contributed by atoms with E-state index in [1.54, 1.807) is 0 Å². The fourth-order valence-corrected chi connectivity index (χ4v) is 2.64. The Kier molecular flexibility index (Phi) is 3.85. The number of aromatic nitrogens is 1. The van der Waals surface area contributed by atoms with Crippen LogP contribution in [0.4, 0.5) is 5.82 Å². The topological polar surface area (TPSA) is 34.1 Å². The molecule has 0 amide bonds. The third kappa shape index (κ3) is 2.63. The third-order valence-corrected chi connectivity index (χ3v) is 4.33. The molecule has 0 spiro atoms. The van der Waals surface area contributed by atoms with E-state index in [1.807, 2.05) is 31.2 Å². The first kappa shape index (κ1) is 11.2. The quantitative estimate of drug-likeness (QED) is 0.837. The number of hydrogen-bond donors (Lipinski definition) is 1. The number of ether oxygens (including phenoxy) is 1. The predicted octanol–water partition coefficient (Wildman–Crippen LogP) is 2.24. The molecule has 0 aliphatic rings. The van der Waals surface area contributed by atoms with Crippen molar-refractivity contribution in [3.05, 3.63) is 30.3 Å². The van der Waals surface area contributed by atoms with Crippen LogP contribution in [0.2, 0.25) is 0 Å². The zero-order chi connectivity index (χ0) is 10.7. The Hall–Kier alpha value is -0.302. The molecule has 2 rings (SSSR count). The maximum absolute atomic E-state index is 5.44. The van der Waals surface area contributed by atoms with Gasteiger partial charge in [0.25, 0.3) is 0 Å². The molecule has 1 N–H and O–H groups in total. The summed E-state index contributed by atoms with van der Waals surface area (Å²) in [6, 6.07) is 10.1. The van der Waals surface area contributed by atoms with E-state index in [0.29, 0.717) is 49.8 Å². The van der Waals surface area contributed by atoms with E-state index in [1.165, 1.54) is 0 Å². The number of rotatable bonds is 3. The van der Waals surface area contributed by atoms with Crippen molar-refractivity contribution >= 4 is 16.7 Å². The van der Waals surface area contributed by atoms with Gasteiger partial charge in [0.1, 0.15) is 0 Å². The SMILES string of the molecule is CCOc1ccc2nc([NH][RaH])ccc2c1. The summed E-state index contributed by atoms with van der Waals surface area (Å²) < 4.78 is 8.68. The second kappa shape index (κ2) is 5.16. The summed E-state index contributed by atoms with van der Waals surface area (Å²) in [5.74, 6) is 1.89. The van der Waals surface area contributed by atoms with E-state index in [-0.39, 0.29) is 0 Å². The van der Waals surface area contributed by atoms with Gasteiger partial charge >= 0.3 is 120 Å². The minimum atomic E-state index is 0.295. The average molecular weight is 414 g/mol. The van der Waals surface area contributed by atoms with E-state index in [0.717, 1.165) is 22.5 Å². The molecule has 0 atom stereocenters. The van der Waals surface area contributed by atoms with E-state index in [2.05, 4.69) is 11.9 Å². The van der Waals surface area contributed by atoms with Gasteiger partial charge in [0.2, 0.25) is 0 Å². The van der Waals surface area contributed by atoms with Gasteiger partial charge in [-0.25, -0.2) is 0 Å². The number of fused-ring (bicyclic) bond motifs is 1. The molecule has 0 radical (unpaired) electrons. The normalized spacial score (nSPS) is 10.1. The van der Waals surface area contributed by atoms with Crippen molar-refractivity contribution in [2.24, 2.45) is 0 Å². The van der Waals surface area contributed by atoms with Gasteiger partial charge in [-0.05, 0) is 0 Å². The second-order valence-electron chi connectivity index (χ2n) is 3.23. The van der Waals surface area contributed by atoms with Crippen molar-refractivity contribution in [2.45, 2.75) is 6.92 Å². The van der Waals surface area contributed by atoms with Gasteiger partial charge < -0.3 is 0 Å². The first-order valence-corrected chi connectivity index (χ1v) is 9.16. The van der Waals surface area contributed by atoms with Crippen molar-refractivity contribution in [1.82, 2.24) is 4.98 Å². The van der Waals surface area contributed by atoms with E-state index in [4.69, 9.17) is 4.74 Å². The summed E-state index contributed by atoms with van der Waals surface area (Å²) in [7, 11) is 0. The van der Waals surface area contributed by atoms with Gasteiger partial charge in [0.15, 0.2) is 0 Å². The van der Waals surface area contributed by atoms with Crippen LogP contribution in [-0.4, -0.2) is 11.6 Å². The van der Waals surface area contributed by atoms with Crippen molar-refractivity contribution in [3.8, 4) is 5.75 Å². The number of benzene rings is 1. The van der Waals surface area contributed by atoms with Crippen LogP contribution < -0.4 is 5.59 Å². The Labute approximate surface area is 119 Å². The standard InChI is InChI=1S/C11H11N2O.Ra.H/c1-2-14-9-4-5-10-8(7-9)3-6-11(12)13-10;;/h3-7H,2H2,1H3,(H-,12,13);;/q-1;+1;. The monoisotopic (exact) mass is 414 g/mol. The zero-order valence-electron chi connectivity index (χ0n) is 8.95. The number of nitrogens with one attached hydrogen (secondary N) is 1. The first-order chi connectivity index (χ1) is 7.33. The van der Waals surface area contributed by atoms with Gasteiger partial charge in [-0.3, -0.25) is 0 Å². The zero-order valence-corrected chi connectivity index (χ0v) is 17.2. The molecule has 4 heteroatoms. The summed E-state index contributed by atoms with van der Waals surface area (Å²) in [5, 5.41) is 1.12. The first-order valence-electron chi connectivity index (χ1n) is 5.05. The van der Waals surface area contributed by atoms with Crippen LogP contribution in [-0.2, 0) is 0 Å². The van der Waals surface area contributed by atoms with Gasteiger partial charge in [-0.2, -0.15) is 0 Å². The van der Waals surface area contributed by atoms with Crippen LogP contribution in [0.1, 0.15) is 6.92 Å². The van der Waals surface area contributed by atoms with Crippen LogP contribution in [0.25, 0.3) is 10.9 Å². The van der Waals surface area contributed by atoms with Gasteiger partial charge in [0, 0.05) is 0 Å². The fourth-order valence-electron chi connectivity index (χ4n) is 1.50. The molecule has 0 bridgehead atoms. The Balaban J connectivity index is 2.45. The van der Waals surface area contributed by atoms with Crippen molar-refractivity contribution in [3.63, 3.8) is 0 Å². The summed E-state index contributed by atoms with van der Waals surface area (Å²) in [6.07, 6.45) is 0. The molecule has 1 aromatic heterocycles. The maximum atomic E-state index is 5.44. The van der Waals surface area contributed by atoms with Crippen LogP contribution in [0.15, 0.2) is 30.3 Å². The number of nitrogens with zero attached hydrogens (tertiary/aromatic N) is 1. The summed E-state index contributed by atoms with van der Waals surface area (Å²) >= 11 is 0.295. The molecule has 0 aliphatic heterocycles. The molecule has 0 saturated carbocycles. The molecule has 0 fully saturated rings. The minimum absolute atomic E-state index is 0.295. The van der Waals surface area contributed by atoms with Gasteiger partial charge in [-0.15, -0.1) is 0 Å². The van der Waals surface area contributed by atoms with Gasteiger partial charge in [-0.1, -0.05) is 0 Å². The van der Waals surface area contributed by atoms with Crippen molar-refractivity contribution in [2.75, 3.05) is 7.46 Å². The molecule has 0 unspecified atom stereocenters. The summed E-state index contributed by atoms with van der Waals surface area (Å²) in [6.45, 7) is 2.68. The molecule has 0 aliphatic carbocycles. The van der Waals surface area contributed by atoms with E-state index < -0.39 is 0 Å². The summed E-state index contributed by atoms with van der Waals surface area (Å²) in [4.78, 5) is 4.49. The molecule has 2 aromatic rings. The molecule has 1 heterocycles. The molecular weight excluding hydrogens is 402 g/mol.